The lowest BCUT2D eigenvalue weighted by atomic mass is 10.0. The number of halogens is 2. The first-order valence-electron chi connectivity index (χ1n) is 6.09. The van der Waals surface area contributed by atoms with Crippen LogP contribution in [-0.4, -0.2) is 24.4 Å². The van der Waals surface area contributed by atoms with Crippen LogP contribution >= 0.6 is 23.2 Å². The Hall–Kier alpha value is -1.26. The smallest absolute Gasteiger partial charge is 0.252 e. The lowest BCUT2D eigenvalue weighted by Crippen LogP contribution is -2.46. The summed E-state index contributed by atoms with van der Waals surface area (Å²) in [6, 6.07) is 4.72. The summed E-state index contributed by atoms with van der Waals surface area (Å²) in [6.45, 7) is 0.406. The van der Waals surface area contributed by atoms with E-state index in [0.29, 0.717) is 28.6 Å². The molecule has 1 heterocycles. The molecule has 102 valence electrons. The molecule has 0 aliphatic carbocycles. The summed E-state index contributed by atoms with van der Waals surface area (Å²) in [5.74, 6) is -0.225. The number of carbonyl (C=O) groups is 2. The molecular weight excluding hydrogens is 287 g/mol. The summed E-state index contributed by atoms with van der Waals surface area (Å²) < 4.78 is 0. The van der Waals surface area contributed by atoms with Crippen LogP contribution in [0, 0.1) is 0 Å². The van der Waals surface area contributed by atoms with Crippen molar-refractivity contribution >= 4 is 35.0 Å². The van der Waals surface area contributed by atoms with Crippen LogP contribution in [0.5, 0.6) is 0 Å². The van der Waals surface area contributed by atoms with Crippen LogP contribution in [0.3, 0.4) is 0 Å². The van der Waals surface area contributed by atoms with Crippen molar-refractivity contribution in [3.63, 3.8) is 0 Å². The third-order valence-electron chi connectivity index (χ3n) is 3.01. The highest BCUT2D eigenvalue weighted by Gasteiger charge is 2.19. The molecule has 0 aromatic heterocycles. The SMILES string of the molecule is O=C1CCC[C@H](CNC(=O)c2ccc(Cl)cc2Cl)N1. The van der Waals surface area contributed by atoms with Gasteiger partial charge in [0.05, 0.1) is 10.6 Å². The second-order valence-corrected chi connectivity index (χ2v) is 5.33. The van der Waals surface area contributed by atoms with E-state index in [-0.39, 0.29) is 17.9 Å². The Morgan fingerprint density at radius 1 is 1.42 bits per heavy atom. The van der Waals surface area contributed by atoms with Gasteiger partial charge < -0.3 is 10.6 Å². The molecule has 1 atom stereocenters. The van der Waals surface area contributed by atoms with Gasteiger partial charge in [-0.3, -0.25) is 9.59 Å². The van der Waals surface area contributed by atoms with Crippen LogP contribution in [0.1, 0.15) is 29.6 Å². The molecule has 1 aromatic rings. The van der Waals surface area contributed by atoms with Crippen molar-refractivity contribution in [1.29, 1.82) is 0 Å². The highest BCUT2D eigenvalue weighted by atomic mass is 35.5. The van der Waals surface area contributed by atoms with Gasteiger partial charge in [0.25, 0.3) is 5.91 Å². The fraction of sp³-hybridized carbons (Fsp3) is 0.385. The Bertz CT molecular complexity index is 505. The van der Waals surface area contributed by atoms with Crippen molar-refractivity contribution in [2.45, 2.75) is 25.3 Å². The minimum Gasteiger partial charge on any atom is -0.352 e. The number of piperidine rings is 1. The summed E-state index contributed by atoms with van der Waals surface area (Å²) in [5.41, 5.74) is 0.383. The van der Waals surface area contributed by atoms with Crippen LogP contribution in [0.15, 0.2) is 18.2 Å². The standard InChI is InChI=1S/C13H14Cl2N2O2/c14-8-4-5-10(11(15)6-8)13(19)16-7-9-2-1-3-12(18)17-9/h4-6,9H,1-3,7H2,(H,16,19)(H,17,18)/t9-/m1/s1. The van der Waals surface area contributed by atoms with E-state index in [1.165, 1.54) is 6.07 Å². The van der Waals surface area contributed by atoms with Crippen molar-refractivity contribution in [3.05, 3.63) is 33.8 Å². The largest absolute Gasteiger partial charge is 0.352 e. The van der Waals surface area contributed by atoms with Gasteiger partial charge in [0.1, 0.15) is 0 Å². The molecule has 19 heavy (non-hydrogen) atoms. The van der Waals surface area contributed by atoms with E-state index >= 15 is 0 Å². The topological polar surface area (TPSA) is 58.2 Å². The number of hydrogen-bond donors (Lipinski definition) is 2. The first kappa shape index (κ1) is 14.2. The third-order valence-corrected chi connectivity index (χ3v) is 3.55. The van der Waals surface area contributed by atoms with E-state index in [0.717, 1.165) is 12.8 Å². The molecule has 1 aromatic carbocycles. The van der Waals surface area contributed by atoms with Gasteiger partial charge in [-0.15, -0.1) is 0 Å². The zero-order chi connectivity index (χ0) is 13.8. The zero-order valence-electron chi connectivity index (χ0n) is 10.2. The molecule has 1 fully saturated rings. The molecule has 6 heteroatoms. The van der Waals surface area contributed by atoms with Gasteiger partial charge in [-0.25, -0.2) is 0 Å². The number of benzene rings is 1. The maximum Gasteiger partial charge on any atom is 0.252 e. The highest BCUT2D eigenvalue weighted by molar-refractivity contribution is 6.36. The number of carbonyl (C=O) groups excluding carboxylic acids is 2. The van der Waals surface area contributed by atoms with Crippen LogP contribution < -0.4 is 10.6 Å². The maximum atomic E-state index is 11.9. The molecule has 0 bridgehead atoms. The average Bonchev–Trinajstić information content (AvgIpc) is 2.36. The molecule has 0 spiro atoms. The van der Waals surface area contributed by atoms with E-state index < -0.39 is 0 Å². The second kappa shape index (κ2) is 6.26. The highest BCUT2D eigenvalue weighted by Crippen LogP contribution is 2.20. The van der Waals surface area contributed by atoms with Crippen molar-refractivity contribution < 1.29 is 9.59 Å². The third kappa shape index (κ3) is 3.85. The van der Waals surface area contributed by atoms with E-state index in [2.05, 4.69) is 10.6 Å². The van der Waals surface area contributed by atoms with E-state index in [1.807, 2.05) is 0 Å². The molecule has 2 amide bonds. The quantitative estimate of drug-likeness (QED) is 0.900. The first-order valence-corrected chi connectivity index (χ1v) is 6.84. The number of hydrogen-bond acceptors (Lipinski definition) is 2. The molecule has 2 rings (SSSR count). The van der Waals surface area contributed by atoms with Gasteiger partial charge in [-0.05, 0) is 31.0 Å². The zero-order valence-corrected chi connectivity index (χ0v) is 11.7. The predicted octanol–water partition coefficient (Wildman–Crippen LogP) is 2.39. The maximum absolute atomic E-state index is 11.9. The minimum absolute atomic E-state index is 0.00345. The van der Waals surface area contributed by atoms with Crippen molar-refractivity contribution in [3.8, 4) is 0 Å². The first-order chi connectivity index (χ1) is 9.06. The van der Waals surface area contributed by atoms with Crippen LogP contribution in [-0.2, 0) is 4.79 Å². The number of rotatable bonds is 3. The van der Waals surface area contributed by atoms with Crippen molar-refractivity contribution in [1.82, 2.24) is 10.6 Å². The lowest BCUT2D eigenvalue weighted by molar-refractivity contribution is -0.123. The normalized spacial score (nSPS) is 18.8. The van der Waals surface area contributed by atoms with E-state index in [9.17, 15) is 9.59 Å². The van der Waals surface area contributed by atoms with Gasteiger partial charge in [-0.1, -0.05) is 23.2 Å². The van der Waals surface area contributed by atoms with Gasteiger partial charge in [0.2, 0.25) is 5.91 Å². The fourth-order valence-corrected chi connectivity index (χ4v) is 2.51. The number of amides is 2. The Morgan fingerprint density at radius 2 is 2.21 bits per heavy atom. The summed E-state index contributed by atoms with van der Waals surface area (Å²) >= 11 is 11.7. The van der Waals surface area contributed by atoms with Crippen molar-refractivity contribution in [2.24, 2.45) is 0 Å². The molecular formula is C13H14Cl2N2O2. The Morgan fingerprint density at radius 3 is 2.89 bits per heavy atom. The molecule has 4 nitrogen and oxygen atoms in total. The lowest BCUT2D eigenvalue weighted by Gasteiger charge is -2.23. The Kier molecular flexibility index (Phi) is 4.66. The minimum atomic E-state index is -0.263. The predicted molar refractivity (Wildman–Crippen MR) is 74.6 cm³/mol. The van der Waals surface area contributed by atoms with Gasteiger partial charge in [0.15, 0.2) is 0 Å². The van der Waals surface area contributed by atoms with Gasteiger partial charge in [0, 0.05) is 24.0 Å². The molecule has 0 saturated carbocycles. The molecule has 1 aliphatic rings. The summed E-state index contributed by atoms with van der Waals surface area (Å²) in [6.07, 6.45) is 2.29. The van der Waals surface area contributed by atoms with Crippen LogP contribution in [0.4, 0.5) is 0 Å². The van der Waals surface area contributed by atoms with Crippen LogP contribution in [0.25, 0.3) is 0 Å². The molecule has 2 N–H and O–H groups in total. The van der Waals surface area contributed by atoms with Gasteiger partial charge in [-0.2, -0.15) is 0 Å². The Balaban J connectivity index is 1.92. The fourth-order valence-electron chi connectivity index (χ4n) is 2.02. The van der Waals surface area contributed by atoms with E-state index in [4.69, 9.17) is 23.2 Å². The summed E-state index contributed by atoms with van der Waals surface area (Å²) in [7, 11) is 0. The van der Waals surface area contributed by atoms with Crippen molar-refractivity contribution in [2.75, 3.05) is 6.54 Å². The molecule has 0 radical (unpaired) electrons. The molecule has 1 aliphatic heterocycles. The monoisotopic (exact) mass is 300 g/mol. The second-order valence-electron chi connectivity index (χ2n) is 4.49. The van der Waals surface area contributed by atoms with Gasteiger partial charge >= 0.3 is 0 Å². The van der Waals surface area contributed by atoms with Crippen LogP contribution in [0.2, 0.25) is 10.0 Å². The number of nitrogens with one attached hydrogen (secondary N) is 2. The van der Waals surface area contributed by atoms with E-state index in [1.54, 1.807) is 12.1 Å². The average molecular weight is 301 g/mol. The Labute approximate surface area is 121 Å². The summed E-state index contributed by atoms with van der Waals surface area (Å²) in [4.78, 5) is 23.2. The molecule has 1 saturated heterocycles. The summed E-state index contributed by atoms with van der Waals surface area (Å²) in [5, 5.41) is 6.41. The molecule has 0 unspecified atom stereocenters.